The topological polar surface area (TPSA) is 55.8 Å². The summed E-state index contributed by atoms with van der Waals surface area (Å²) in [7, 11) is 2.49. The highest BCUT2D eigenvalue weighted by Crippen LogP contribution is 2.67. The van der Waals surface area contributed by atoms with E-state index in [2.05, 4.69) is 25.8 Å². The molecule has 6 rings (SSSR count). The third-order valence-corrected chi connectivity index (χ3v) is 14.5. The Labute approximate surface area is 285 Å². The summed E-state index contributed by atoms with van der Waals surface area (Å²) in [6, 6.07) is 0.768. The maximum absolute atomic E-state index is 13.2. The Morgan fingerprint density at radius 3 is 2.04 bits per heavy atom. The minimum Gasteiger partial charge on any atom is -1.00 e. The second-order valence-corrected chi connectivity index (χ2v) is 17.7. The van der Waals surface area contributed by atoms with E-state index in [0.29, 0.717) is 35.8 Å². The van der Waals surface area contributed by atoms with Crippen LogP contribution in [0.5, 0.6) is 0 Å². The largest absolute Gasteiger partial charge is 1.00 e. The molecule has 0 aromatic rings. The smallest absolute Gasteiger partial charge is 0.308 e. The summed E-state index contributed by atoms with van der Waals surface area (Å²) < 4.78 is 14.1. The number of carbonyl (C=O) groups excluding carboxylic acids is 2. The van der Waals surface area contributed by atoms with Crippen LogP contribution in [0.4, 0.5) is 0 Å². The zero-order valence-electron chi connectivity index (χ0n) is 29.7. The van der Waals surface area contributed by atoms with Gasteiger partial charge in [-0.15, -0.1) is 0 Å². The van der Waals surface area contributed by atoms with Crippen LogP contribution >= 0.6 is 0 Å². The molecule has 0 N–H and O–H groups in total. The average Bonchev–Trinajstić information content (AvgIpc) is 3.30. The predicted octanol–water partition coefficient (Wildman–Crippen LogP) is 4.24. The highest BCUT2D eigenvalue weighted by molar-refractivity contribution is 5.72. The number of halogens is 1. The normalized spacial score (nSPS) is 43.0. The molecule has 7 heteroatoms. The Kier molecular flexibility index (Phi) is 10.8. The number of likely N-dealkylation sites (N-methyl/N-ethyl adjacent to an activating group) is 1. The zero-order valence-corrected chi connectivity index (χ0v) is 31.3. The Bertz CT molecular complexity index is 1050. The number of hydrogen-bond acceptors (Lipinski definition) is 5. The van der Waals surface area contributed by atoms with E-state index in [9.17, 15) is 9.59 Å². The number of piperidine rings is 2. The number of likely N-dealkylation sites (tertiary alicyclic amines) is 2. The average molecular weight is 694 g/mol. The molecule has 0 unspecified atom stereocenters. The zero-order chi connectivity index (χ0) is 31.4. The van der Waals surface area contributed by atoms with Crippen molar-refractivity contribution in [3.63, 3.8) is 0 Å². The van der Waals surface area contributed by atoms with Crippen LogP contribution < -0.4 is 17.0 Å². The molecule has 6 fully saturated rings. The predicted molar refractivity (Wildman–Crippen MR) is 175 cm³/mol. The van der Waals surface area contributed by atoms with E-state index < -0.39 is 0 Å². The van der Waals surface area contributed by atoms with Gasteiger partial charge < -0.3 is 30.9 Å². The van der Waals surface area contributed by atoms with Gasteiger partial charge in [0, 0.05) is 17.9 Å². The van der Waals surface area contributed by atoms with Crippen LogP contribution in [0.1, 0.15) is 125 Å². The minimum atomic E-state index is -0.0812. The molecule has 45 heavy (non-hydrogen) atoms. The minimum absolute atomic E-state index is 0. The molecule has 4 saturated carbocycles. The first-order chi connectivity index (χ1) is 20.9. The van der Waals surface area contributed by atoms with Crippen molar-refractivity contribution in [1.82, 2.24) is 4.90 Å². The van der Waals surface area contributed by atoms with Crippen LogP contribution in [-0.4, -0.2) is 78.8 Å². The van der Waals surface area contributed by atoms with Crippen molar-refractivity contribution < 1.29 is 40.5 Å². The van der Waals surface area contributed by atoms with Crippen molar-refractivity contribution in [2.24, 2.45) is 46.3 Å². The van der Waals surface area contributed by atoms with Gasteiger partial charge in [0.25, 0.3) is 0 Å². The molecular weight excluding hydrogens is 628 g/mol. The third-order valence-electron chi connectivity index (χ3n) is 14.5. The standard InChI is InChI=1S/C38H65N2O4.BrH/c1-25(2)35(41)43-33-22-27-14-15-28-29(38(27,6)24-31(33)39-18-10-8-11-19-39)16-17-37(5)30(28)23-32(34(37)44-36(42)26(3)4)40(7)20-12-9-13-21-40;/h25-34H,8-24H2,1-7H3;1H/q+1;/p-1/t27-,28+,29-,30-,31-,32-,33-,34-,37-,38-;/m0./s1. The van der Waals surface area contributed by atoms with Crippen molar-refractivity contribution in [1.29, 1.82) is 0 Å². The van der Waals surface area contributed by atoms with E-state index in [1.165, 1.54) is 90.1 Å². The Balaban J connectivity index is 0.00000400. The maximum Gasteiger partial charge on any atom is 0.308 e. The molecule has 0 radical (unpaired) electrons. The Hall–Kier alpha value is -0.660. The van der Waals surface area contributed by atoms with Crippen molar-refractivity contribution in [3.8, 4) is 0 Å². The highest BCUT2D eigenvalue weighted by Gasteiger charge is 2.67. The summed E-state index contributed by atoms with van der Waals surface area (Å²) in [6.07, 6.45) is 16.2. The number of quaternary nitrogens is 1. The van der Waals surface area contributed by atoms with E-state index >= 15 is 0 Å². The summed E-state index contributed by atoms with van der Waals surface area (Å²) in [5, 5.41) is 0. The first-order valence-electron chi connectivity index (χ1n) is 18.9. The summed E-state index contributed by atoms with van der Waals surface area (Å²) >= 11 is 0. The van der Waals surface area contributed by atoms with E-state index in [0.717, 1.165) is 24.0 Å². The summed E-state index contributed by atoms with van der Waals surface area (Å²) in [4.78, 5) is 28.9. The van der Waals surface area contributed by atoms with E-state index in [1.807, 2.05) is 27.7 Å². The summed E-state index contributed by atoms with van der Waals surface area (Å²) in [5.41, 5.74) is 0.341. The van der Waals surface area contributed by atoms with Gasteiger partial charge in [0.1, 0.15) is 12.1 Å². The van der Waals surface area contributed by atoms with Gasteiger partial charge in [-0.25, -0.2) is 0 Å². The fourth-order valence-corrected chi connectivity index (χ4v) is 11.9. The molecule has 0 amide bonds. The lowest BCUT2D eigenvalue weighted by Gasteiger charge is -2.62. The van der Waals surface area contributed by atoms with Gasteiger partial charge in [-0.2, -0.15) is 0 Å². The third kappa shape index (κ3) is 6.43. The van der Waals surface area contributed by atoms with Gasteiger partial charge in [0.05, 0.1) is 32.0 Å². The number of esters is 2. The molecule has 4 aliphatic carbocycles. The quantitative estimate of drug-likeness (QED) is 0.308. The number of ether oxygens (including phenoxy) is 2. The van der Waals surface area contributed by atoms with Crippen LogP contribution in [0.3, 0.4) is 0 Å². The molecule has 2 saturated heterocycles. The lowest BCUT2D eigenvalue weighted by atomic mass is 9.44. The molecule has 0 spiro atoms. The lowest BCUT2D eigenvalue weighted by molar-refractivity contribution is -0.940. The number of nitrogens with zero attached hydrogens (tertiary/aromatic N) is 2. The Morgan fingerprint density at radius 1 is 0.778 bits per heavy atom. The molecule has 2 heterocycles. The highest BCUT2D eigenvalue weighted by atomic mass is 79.9. The van der Waals surface area contributed by atoms with Crippen molar-refractivity contribution in [3.05, 3.63) is 0 Å². The van der Waals surface area contributed by atoms with Crippen molar-refractivity contribution >= 4 is 11.9 Å². The number of rotatable bonds is 6. The van der Waals surface area contributed by atoms with Gasteiger partial charge in [0.15, 0.2) is 6.10 Å². The molecule has 0 aromatic heterocycles. The van der Waals surface area contributed by atoms with E-state index in [4.69, 9.17) is 9.47 Å². The van der Waals surface area contributed by atoms with E-state index in [-0.39, 0.29) is 63.8 Å². The maximum atomic E-state index is 13.2. The molecule has 2 aliphatic heterocycles. The molecule has 258 valence electrons. The van der Waals surface area contributed by atoms with Crippen LogP contribution in [0.25, 0.3) is 0 Å². The number of hydrogen-bond donors (Lipinski definition) is 0. The monoisotopic (exact) mass is 692 g/mol. The second kappa shape index (κ2) is 13.7. The van der Waals surface area contributed by atoms with Crippen LogP contribution in [0.15, 0.2) is 0 Å². The molecule has 6 nitrogen and oxygen atoms in total. The number of fused-ring (bicyclic) bond motifs is 5. The van der Waals surface area contributed by atoms with Crippen molar-refractivity contribution in [2.45, 2.75) is 149 Å². The summed E-state index contributed by atoms with van der Waals surface area (Å²) in [6.45, 7) is 17.9. The van der Waals surface area contributed by atoms with Crippen molar-refractivity contribution in [2.75, 3.05) is 33.2 Å². The van der Waals surface area contributed by atoms with E-state index in [1.54, 1.807) is 0 Å². The van der Waals surface area contributed by atoms with Crippen LogP contribution in [0.2, 0.25) is 0 Å². The van der Waals surface area contributed by atoms with Gasteiger partial charge in [-0.3, -0.25) is 14.5 Å². The SMILES string of the molecule is CC(C)C(=O)O[C@H]1C[C@@H]2CC[C@@H]3[C@H](CC[C@@]4(C)[C@H]3C[C@H]([N+]3(C)CCCCC3)[C@@H]4OC(=O)C(C)C)[C@@]2(C)C[C@@H]1N1CCCCC1.[Br-]. The van der Waals surface area contributed by atoms with Gasteiger partial charge in [-0.05, 0) is 113 Å². The van der Waals surface area contributed by atoms with Crippen LogP contribution in [0, 0.1) is 46.3 Å². The molecular formula is C38H65BrN2O4. The number of carbonyl (C=O) groups is 2. The lowest BCUT2D eigenvalue weighted by Crippen LogP contribution is -3.00. The molecule has 0 aromatic carbocycles. The molecule has 0 bridgehead atoms. The van der Waals surface area contributed by atoms with Gasteiger partial charge in [-0.1, -0.05) is 48.0 Å². The first kappa shape index (κ1) is 35.6. The second-order valence-electron chi connectivity index (χ2n) is 17.7. The van der Waals surface area contributed by atoms with Gasteiger partial charge >= 0.3 is 11.9 Å². The fourth-order valence-electron chi connectivity index (χ4n) is 11.9. The van der Waals surface area contributed by atoms with Crippen LogP contribution in [-0.2, 0) is 19.1 Å². The fraction of sp³-hybridized carbons (Fsp3) is 0.947. The molecule has 10 atom stereocenters. The van der Waals surface area contributed by atoms with Gasteiger partial charge in [0.2, 0.25) is 0 Å². The first-order valence-corrected chi connectivity index (χ1v) is 18.9. The summed E-state index contributed by atoms with van der Waals surface area (Å²) in [5.74, 6) is 2.48. The Morgan fingerprint density at radius 2 is 1.40 bits per heavy atom. The molecule has 6 aliphatic rings.